The van der Waals surface area contributed by atoms with E-state index in [1.165, 1.54) is 12.4 Å². The highest BCUT2D eigenvalue weighted by Crippen LogP contribution is 2.09. The highest BCUT2D eigenvalue weighted by Gasteiger charge is 2.01. The average molecular weight is 136 g/mol. The van der Waals surface area contributed by atoms with Gasteiger partial charge in [-0.15, -0.1) is 0 Å². The SMILES string of the molecule is Nc1nc2nccnc2o1. The van der Waals surface area contributed by atoms with Crippen LogP contribution < -0.4 is 5.73 Å². The predicted molar refractivity (Wildman–Crippen MR) is 34.0 cm³/mol. The van der Waals surface area contributed by atoms with Crippen molar-refractivity contribution in [3.8, 4) is 0 Å². The number of rotatable bonds is 0. The van der Waals surface area contributed by atoms with E-state index in [1.807, 2.05) is 0 Å². The minimum atomic E-state index is 0.0983. The molecule has 0 radical (unpaired) electrons. The van der Waals surface area contributed by atoms with Crippen molar-refractivity contribution in [1.82, 2.24) is 15.0 Å². The van der Waals surface area contributed by atoms with Crippen molar-refractivity contribution in [2.45, 2.75) is 0 Å². The van der Waals surface area contributed by atoms with E-state index in [1.54, 1.807) is 0 Å². The lowest BCUT2D eigenvalue weighted by Crippen LogP contribution is -1.81. The minimum Gasteiger partial charge on any atom is -0.403 e. The third-order valence-electron chi connectivity index (χ3n) is 1.06. The quantitative estimate of drug-likeness (QED) is 0.559. The molecule has 2 aromatic rings. The molecule has 0 unspecified atom stereocenters. The molecule has 50 valence electrons. The smallest absolute Gasteiger partial charge is 0.295 e. The maximum absolute atomic E-state index is 5.23. The molecule has 2 N–H and O–H groups in total. The number of hydrogen-bond acceptors (Lipinski definition) is 5. The van der Waals surface area contributed by atoms with Gasteiger partial charge < -0.3 is 10.2 Å². The van der Waals surface area contributed by atoms with E-state index in [2.05, 4.69) is 15.0 Å². The second-order valence-corrected chi connectivity index (χ2v) is 1.74. The molecule has 0 aliphatic carbocycles. The van der Waals surface area contributed by atoms with Crippen molar-refractivity contribution >= 4 is 17.4 Å². The van der Waals surface area contributed by atoms with Gasteiger partial charge in [-0.25, -0.2) is 9.97 Å². The summed E-state index contributed by atoms with van der Waals surface area (Å²) in [6, 6.07) is 0.0983. The van der Waals surface area contributed by atoms with Crippen LogP contribution in [0, 0.1) is 0 Å². The number of oxazole rings is 1. The third kappa shape index (κ3) is 0.604. The maximum Gasteiger partial charge on any atom is 0.295 e. The lowest BCUT2D eigenvalue weighted by molar-refractivity contribution is 0.613. The number of anilines is 1. The van der Waals surface area contributed by atoms with E-state index < -0.39 is 0 Å². The summed E-state index contributed by atoms with van der Waals surface area (Å²) in [6.07, 6.45) is 3.05. The van der Waals surface area contributed by atoms with E-state index in [0.717, 1.165) is 0 Å². The lowest BCUT2D eigenvalue weighted by Gasteiger charge is -1.78. The fraction of sp³-hybridized carbons (Fsp3) is 0. The Kier molecular flexibility index (Phi) is 0.858. The van der Waals surface area contributed by atoms with Crippen LogP contribution in [0.15, 0.2) is 16.8 Å². The Bertz CT molecular complexity index is 322. The minimum absolute atomic E-state index is 0.0983. The molecule has 0 aliphatic rings. The summed E-state index contributed by atoms with van der Waals surface area (Å²) in [5.74, 6) is 0. The second kappa shape index (κ2) is 1.66. The summed E-state index contributed by atoms with van der Waals surface area (Å²) in [5.41, 5.74) is 6.05. The van der Waals surface area contributed by atoms with Crippen molar-refractivity contribution in [3.63, 3.8) is 0 Å². The second-order valence-electron chi connectivity index (χ2n) is 1.74. The van der Waals surface area contributed by atoms with Gasteiger partial charge in [-0.05, 0) is 0 Å². The van der Waals surface area contributed by atoms with E-state index in [-0.39, 0.29) is 6.01 Å². The van der Waals surface area contributed by atoms with Crippen molar-refractivity contribution in [2.24, 2.45) is 0 Å². The van der Waals surface area contributed by atoms with Crippen LogP contribution in [0.2, 0.25) is 0 Å². The van der Waals surface area contributed by atoms with Gasteiger partial charge in [-0.3, -0.25) is 0 Å². The first-order chi connectivity index (χ1) is 4.86. The van der Waals surface area contributed by atoms with E-state index in [0.29, 0.717) is 11.4 Å². The van der Waals surface area contributed by atoms with Crippen LogP contribution in [0.25, 0.3) is 11.4 Å². The maximum atomic E-state index is 5.23. The zero-order valence-electron chi connectivity index (χ0n) is 4.98. The van der Waals surface area contributed by atoms with Gasteiger partial charge in [-0.2, -0.15) is 4.98 Å². The van der Waals surface area contributed by atoms with E-state index in [9.17, 15) is 0 Å². The molecular weight excluding hydrogens is 132 g/mol. The van der Waals surface area contributed by atoms with E-state index >= 15 is 0 Å². The molecular formula is C5H4N4O. The molecule has 0 amide bonds. The van der Waals surface area contributed by atoms with Gasteiger partial charge in [0, 0.05) is 12.4 Å². The first-order valence-corrected chi connectivity index (χ1v) is 2.69. The summed E-state index contributed by atoms with van der Waals surface area (Å²) in [4.78, 5) is 11.4. The number of fused-ring (bicyclic) bond motifs is 1. The molecule has 0 aromatic carbocycles. The van der Waals surface area contributed by atoms with Crippen molar-refractivity contribution in [1.29, 1.82) is 0 Å². The molecule has 0 aliphatic heterocycles. The van der Waals surface area contributed by atoms with Crippen LogP contribution in [0.5, 0.6) is 0 Å². The first-order valence-electron chi connectivity index (χ1n) is 2.69. The molecule has 2 aromatic heterocycles. The Morgan fingerprint density at radius 1 is 1.30 bits per heavy atom. The zero-order valence-corrected chi connectivity index (χ0v) is 4.98. The fourth-order valence-electron chi connectivity index (χ4n) is 0.693. The standard InChI is InChI=1S/C5H4N4O/c6-5-9-3-4(10-5)8-2-1-7-3/h1-2H,(H2,6,7,9). The van der Waals surface area contributed by atoms with Crippen LogP contribution in [0.1, 0.15) is 0 Å². The summed E-state index contributed by atoms with van der Waals surface area (Å²) in [5, 5.41) is 0. The molecule has 0 saturated carbocycles. The van der Waals surface area contributed by atoms with Crippen LogP contribution in [-0.4, -0.2) is 15.0 Å². The average Bonchev–Trinajstić information content (AvgIpc) is 2.27. The zero-order chi connectivity index (χ0) is 6.97. The molecule has 0 fully saturated rings. The highest BCUT2D eigenvalue weighted by molar-refractivity contribution is 5.63. The molecule has 0 saturated heterocycles. The van der Waals surface area contributed by atoms with Gasteiger partial charge >= 0.3 is 0 Å². The Morgan fingerprint density at radius 2 is 2.10 bits per heavy atom. The summed E-state index contributed by atoms with van der Waals surface area (Å²) in [7, 11) is 0. The normalized spacial score (nSPS) is 10.4. The Hall–Kier alpha value is -1.65. The largest absolute Gasteiger partial charge is 0.403 e. The Balaban J connectivity index is 2.88. The van der Waals surface area contributed by atoms with Crippen molar-refractivity contribution in [3.05, 3.63) is 12.4 Å². The molecule has 5 nitrogen and oxygen atoms in total. The number of nitrogen functional groups attached to an aromatic ring is 1. The summed E-state index contributed by atoms with van der Waals surface area (Å²) < 4.78 is 4.86. The first kappa shape index (κ1) is 5.16. The molecule has 5 heteroatoms. The molecule has 2 heterocycles. The van der Waals surface area contributed by atoms with Gasteiger partial charge in [0.15, 0.2) is 0 Å². The number of nitrogens with two attached hydrogens (primary N) is 1. The topological polar surface area (TPSA) is 77.8 Å². The van der Waals surface area contributed by atoms with Crippen molar-refractivity contribution < 1.29 is 4.42 Å². The number of hydrogen-bond donors (Lipinski definition) is 1. The molecule has 10 heavy (non-hydrogen) atoms. The monoisotopic (exact) mass is 136 g/mol. The Morgan fingerprint density at radius 3 is 2.90 bits per heavy atom. The van der Waals surface area contributed by atoms with Crippen molar-refractivity contribution in [2.75, 3.05) is 5.73 Å². The molecule has 0 spiro atoms. The van der Waals surface area contributed by atoms with Gasteiger partial charge in [0.2, 0.25) is 5.65 Å². The lowest BCUT2D eigenvalue weighted by atomic mass is 10.7. The summed E-state index contributed by atoms with van der Waals surface area (Å²) in [6.45, 7) is 0. The van der Waals surface area contributed by atoms with Gasteiger partial charge in [0.05, 0.1) is 0 Å². The molecule has 2 rings (SSSR count). The van der Waals surface area contributed by atoms with Crippen LogP contribution in [0.4, 0.5) is 6.01 Å². The summed E-state index contributed by atoms with van der Waals surface area (Å²) >= 11 is 0. The van der Waals surface area contributed by atoms with Crippen LogP contribution in [0.3, 0.4) is 0 Å². The third-order valence-corrected chi connectivity index (χ3v) is 1.06. The molecule has 0 atom stereocenters. The van der Waals surface area contributed by atoms with Crippen LogP contribution in [-0.2, 0) is 0 Å². The van der Waals surface area contributed by atoms with Gasteiger partial charge in [0.1, 0.15) is 0 Å². The Labute approximate surface area is 55.9 Å². The predicted octanol–water partition coefficient (Wildman–Crippen LogP) is 0.200. The fourth-order valence-corrected chi connectivity index (χ4v) is 0.693. The number of nitrogens with zero attached hydrogens (tertiary/aromatic N) is 3. The van der Waals surface area contributed by atoms with Crippen LogP contribution >= 0.6 is 0 Å². The molecule has 0 bridgehead atoms. The van der Waals surface area contributed by atoms with Gasteiger partial charge in [-0.1, -0.05) is 0 Å². The van der Waals surface area contributed by atoms with E-state index in [4.69, 9.17) is 10.2 Å². The number of aromatic nitrogens is 3. The van der Waals surface area contributed by atoms with Gasteiger partial charge in [0.25, 0.3) is 11.7 Å². The highest BCUT2D eigenvalue weighted by atomic mass is 16.4.